The first-order valence-electron chi connectivity index (χ1n) is 13.1. The highest BCUT2D eigenvalue weighted by Crippen LogP contribution is 2.51. The van der Waals surface area contributed by atoms with Gasteiger partial charge in [-0.1, -0.05) is 15.9 Å². The molecule has 2 aromatic rings. The molecule has 7 nitrogen and oxygen atoms in total. The van der Waals surface area contributed by atoms with E-state index in [-0.39, 0.29) is 24.1 Å². The Labute approximate surface area is 231 Å². The fourth-order valence-corrected chi connectivity index (χ4v) is 6.18. The van der Waals surface area contributed by atoms with E-state index in [0.717, 1.165) is 53.7 Å². The molecule has 2 aliphatic carbocycles. The molecule has 5 rings (SSSR count). The van der Waals surface area contributed by atoms with Gasteiger partial charge >= 0.3 is 0 Å². The number of benzene rings is 2. The summed E-state index contributed by atoms with van der Waals surface area (Å²) < 4.78 is 12.0. The number of ether oxygens (including phenoxy) is 2. The second kappa shape index (κ2) is 11.2. The molecule has 198 valence electrons. The van der Waals surface area contributed by atoms with E-state index >= 15 is 0 Å². The van der Waals surface area contributed by atoms with Crippen molar-refractivity contribution in [3.63, 3.8) is 0 Å². The largest absolute Gasteiger partial charge is 0.497 e. The number of anilines is 1. The van der Waals surface area contributed by atoms with E-state index in [9.17, 15) is 14.4 Å². The number of rotatable bonds is 7. The average molecular weight is 579 g/mol. The molecule has 2 aromatic carbocycles. The van der Waals surface area contributed by atoms with Crippen molar-refractivity contribution >= 4 is 39.1 Å². The maximum absolute atomic E-state index is 13.4. The number of amides is 1. The Morgan fingerprint density at radius 2 is 1.61 bits per heavy atom. The van der Waals surface area contributed by atoms with Crippen molar-refractivity contribution in [3.05, 3.63) is 75.0 Å². The van der Waals surface area contributed by atoms with Crippen LogP contribution in [0.5, 0.6) is 11.5 Å². The van der Waals surface area contributed by atoms with E-state index in [2.05, 4.69) is 33.1 Å². The monoisotopic (exact) mass is 578 g/mol. The second-order valence-corrected chi connectivity index (χ2v) is 10.6. The molecular formula is C30H31BrN2O5. The van der Waals surface area contributed by atoms with Crippen molar-refractivity contribution in [1.29, 1.82) is 0 Å². The summed E-state index contributed by atoms with van der Waals surface area (Å²) in [4.78, 5) is 41.8. The van der Waals surface area contributed by atoms with Crippen LogP contribution in [0.4, 0.5) is 5.69 Å². The molecule has 3 aliphatic rings. The van der Waals surface area contributed by atoms with Gasteiger partial charge in [-0.15, -0.1) is 0 Å². The number of carbonyl (C=O) groups is 3. The van der Waals surface area contributed by atoms with Crippen LogP contribution in [0.15, 0.2) is 69.5 Å². The Hall–Kier alpha value is -3.39. The second-order valence-electron chi connectivity index (χ2n) is 9.70. The first kappa shape index (κ1) is 26.2. The van der Waals surface area contributed by atoms with Crippen LogP contribution >= 0.6 is 15.9 Å². The summed E-state index contributed by atoms with van der Waals surface area (Å²) >= 11 is 3.57. The third-order valence-electron chi connectivity index (χ3n) is 7.42. The number of Topliss-reactive ketones (excluding diaryl/α,β-unsaturated/α-hetero) is 2. The summed E-state index contributed by atoms with van der Waals surface area (Å²) in [6, 6.07) is 12.6. The van der Waals surface area contributed by atoms with E-state index in [4.69, 9.17) is 9.47 Å². The molecule has 0 unspecified atom stereocenters. The van der Waals surface area contributed by atoms with Gasteiger partial charge in [0.15, 0.2) is 18.2 Å². The van der Waals surface area contributed by atoms with Crippen molar-refractivity contribution in [3.8, 4) is 11.5 Å². The van der Waals surface area contributed by atoms with Crippen molar-refractivity contribution < 1.29 is 23.9 Å². The quantitative estimate of drug-likeness (QED) is 0.439. The highest BCUT2D eigenvalue weighted by atomic mass is 79.9. The fourth-order valence-electron chi connectivity index (χ4n) is 5.80. The molecule has 1 N–H and O–H groups in total. The van der Waals surface area contributed by atoms with Gasteiger partial charge in [-0.25, -0.2) is 0 Å². The summed E-state index contributed by atoms with van der Waals surface area (Å²) in [5.41, 5.74) is 4.84. The molecule has 0 aromatic heterocycles. The minimum absolute atomic E-state index is 0.0859. The summed E-state index contributed by atoms with van der Waals surface area (Å²) in [6.45, 7) is 2.58. The number of nitrogens with zero attached hydrogens (tertiary/aromatic N) is 1. The average Bonchev–Trinajstić information content (AvgIpc) is 2.92. The molecule has 0 saturated heterocycles. The van der Waals surface area contributed by atoms with Crippen LogP contribution in [-0.2, 0) is 14.4 Å². The van der Waals surface area contributed by atoms with Gasteiger partial charge in [0.05, 0.1) is 7.11 Å². The van der Waals surface area contributed by atoms with Crippen molar-refractivity contribution in [1.82, 2.24) is 4.90 Å². The molecule has 38 heavy (non-hydrogen) atoms. The summed E-state index contributed by atoms with van der Waals surface area (Å²) in [6.07, 6.45) is 4.18. The van der Waals surface area contributed by atoms with Crippen LogP contribution in [0.25, 0.3) is 0 Å². The molecule has 1 heterocycles. The van der Waals surface area contributed by atoms with Crippen LogP contribution in [0.1, 0.15) is 56.9 Å². The number of carbonyl (C=O) groups excluding carboxylic acids is 3. The summed E-state index contributed by atoms with van der Waals surface area (Å²) in [7, 11) is 1.59. The Morgan fingerprint density at radius 3 is 2.18 bits per heavy atom. The Bertz CT molecular complexity index is 1300. The Balaban J connectivity index is 1.50. The third kappa shape index (κ3) is 5.01. The zero-order valence-corrected chi connectivity index (χ0v) is 23.2. The zero-order valence-electron chi connectivity index (χ0n) is 21.6. The summed E-state index contributed by atoms with van der Waals surface area (Å²) in [5, 5.41) is 2.83. The van der Waals surface area contributed by atoms with Crippen molar-refractivity contribution in [2.24, 2.45) is 0 Å². The van der Waals surface area contributed by atoms with Crippen LogP contribution < -0.4 is 14.8 Å². The van der Waals surface area contributed by atoms with Crippen molar-refractivity contribution in [2.75, 3.05) is 25.6 Å². The highest BCUT2D eigenvalue weighted by Gasteiger charge is 2.43. The molecule has 0 atom stereocenters. The van der Waals surface area contributed by atoms with Crippen molar-refractivity contribution in [2.45, 2.75) is 51.4 Å². The van der Waals surface area contributed by atoms with Gasteiger partial charge in [-0.05, 0) is 75.1 Å². The van der Waals surface area contributed by atoms with E-state index in [1.165, 1.54) is 0 Å². The zero-order chi connectivity index (χ0) is 26.8. The summed E-state index contributed by atoms with van der Waals surface area (Å²) in [5.74, 6) is 0.548. The Morgan fingerprint density at radius 1 is 0.974 bits per heavy atom. The smallest absolute Gasteiger partial charge is 0.262 e. The predicted octanol–water partition coefficient (Wildman–Crippen LogP) is 5.91. The Kier molecular flexibility index (Phi) is 7.70. The van der Waals surface area contributed by atoms with Gasteiger partial charge in [0, 0.05) is 63.6 Å². The van der Waals surface area contributed by atoms with Crippen LogP contribution in [-0.4, -0.2) is 42.6 Å². The molecule has 0 radical (unpaired) electrons. The van der Waals surface area contributed by atoms with E-state index in [1.54, 1.807) is 37.4 Å². The molecule has 8 heteroatoms. The number of hydrogen-bond acceptors (Lipinski definition) is 6. The number of methoxy groups -OCH3 is 1. The molecule has 0 saturated carbocycles. The molecule has 0 bridgehead atoms. The highest BCUT2D eigenvalue weighted by molar-refractivity contribution is 9.10. The van der Waals surface area contributed by atoms with E-state index < -0.39 is 5.92 Å². The third-order valence-corrected chi connectivity index (χ3v) is 7.91. The number of ketones is 2. The standard InChI is InChI=1S/C30H31BrN2O5/c1-3-33-22-6-4-8-24(34)29(22)28(30-23(33)7-5-9-25(30)35)21-16-18(31)10-15-26(21)38-17-27(36)32-19-11-13-20(37-2)14-12-19/h10-16,28H,3-9,17H2,1-2H3,(H,32,36). The molecule has 0 spiro atoms. The molecular weight excluding hydrogens is 548 g/mol. The van der Waals surface area contributed by atoms with Gasteiger partial charge < -0.3 is 19.7 Å². The minimum Gasteiger partial charge on any atom is -0.497 e. The van der Waals surface area contributed by atoms with E-state index in [1.807, 2.05) is 12.1 Å². The minimum atomic E-state index is -0.499. The van der Waals surface area contributed by atoms with E-state index in [0.29, 0.717) is 41.2 Å². The fraction of sp³-hybridized carbons (Fsp3) is 0.367. The van der Waals surface area contributed by atoms with Crippen LogP contribution in [0.3, 0.4) is 0 Å². The maximum atomic E-state index is 13.4. The van der Waals surface area contributed by atoms with Gasteiger partial charge in [0.2, 0.25) is 0 Å². The number of nitrogens with one attached hydrogen (secondary N) is 1. The SMILES string of the molecule is CCN1C2=C(C(=O)CCC2)C(c2cc(Br)ccc2OCC(=O)Nc2ccc(OC)cc2)C2=C1CCCC2=O. The molecule has 1 amide bonds. The lowest BCUT2D eigenvalue weighted by atomic mass is 9.70. The predicted molar refractivity (Wildman–Crippen MR) is 148 cm³/mol. The lowest BCUT2D eigenvalue weighted by molar-refractivity contribution is -0.119. The first-order valence-corrected chi connectivity index (χ1v) is 13.9. The lowest BCUT2D eigenvalue weighted by Gasteiger charge is -2.43. The topological polar surface area (TPSA) is 84.9 Å². The van der Waals surface area contributed by atoms with Gasteiger partial charge in [-0.3, -0.25) is 14.4 Å². The number of halogens is 1. The molecule has 0 fully saturated rings. The normalized spacial score (nSPS) is 17.8. The van der Waals surface area contributed by atoms with Gasteiger partial charge in [0.1, 0.15) is 11.5 Å². The molecule has 1 aliphatic heterocycles. The van der Waals surface area contributed by atoms with Gasteiger partial charge in [-0.2, -0.15) is 0 Å². The van der Waals surface area contributed by atoms with Crippen LogP contribution in [0, 0.1) is 0 Å². The first-order chi connectivity index (χ1) is 18.4. The number of allylic oxidation sites excluding steroid dienone is 4. The maximum Gasteiger partial charge on any atom is 0.262 e. The van der Waals surface area contributed by atoms with Crippen LogP contribution in [0.2, 0.25) is 0 Å². The number of hydrogen-bond donors (Lipinski definition) is 1. The lowest BCUT2D eigenvalue weighted by Crippen LogP contribution is -2.39. The van der Waals surface area contributed by atoms with Gasteiger partial charge in [0.25, 0.3) is 5.91 Å².